The zero-order chi connectivity index (χ0) is 14.1. The molecule has 2 aromatic heterocycles. The summed E-state index contributed by atoms with van der Waals surface area (Å²) < 4.78 is 15.9. The second-order valence-corrected chi connectivity index (χ2v) is 4.84. The van der Waals surface area contributed by atoms with Crippen molar-refractivity contribution in [3.63, 3.8) is 0 Å². The van der Waals surface area contributed by atoms with E-state index in [0.29, 0.717) is 11.4 Å². The lowest BCUT2D eigenvalue weighted by atomic mass is 10.1. The van der Waals surface area contributed by atoms with Gasteiger partial charge in [-0.3, -0.25) is 0 Å². The summed E-state index contributed by atoms with van der Waals surface area (Å²) >= 11 is 5.97. The Balaban J connectivity index is 2.21. The van der Waals surface area contributed by atoms with E-state index in [2.05, 4.69) is 9.97 Å². The Bertz CT molecular complexity index is 754. The molecule has 3 rings (SSSR count). The van der Waals surface area contributed by atoms with Crippen LogP contribution in [0.25, 0.3) is 11.2 Å². The second kappa shape index (κ2) is 5.21. The van der Waals surface area contributed by atoms with Crippen molar-refractivity contribution in [1.29, 1.82) is 0 Å². The van der Waals surface area contributed by atoms with Crippen LogP contribution in [0, 0.1) is 5.82 Å². The predicted molar refractivity (Wildman–Crippen MR) is 77.3 cm³/mol. The third-order valence-corrected chi connectivity index (χ3v) is 3.62. The molecule has 0 amide bonds. The van der Waals surface area contributed by atoms with Crippen LogP contribution in [0.4, 0.5) is 4.39 Å². The van der Waals surface area contributed by atoms with Gasteiger partial charge < -0.3 is 4.57 Å². The molecule has 0 aliphatic carbocycles. The van der Waals surface area contributed by atoms with Crippen molar-refractivity contribution in [2.24, 2.45) is 0 Å². The highest BCUT2D eigenvalue weighted by molar-refractivity contribution is 6.16. The number of alkyl halides is 1. The van der Waals surface area contributed by atoms with Crippen molar-refractivity contribution in [3.05, 3.63) is 59.8 Å². The van der Waals surface area contributed by atoms with E-state index in [1.54, 1.807) is 18.3 Å². The van der Waals surface area contributed by atoms with Gasteiger partial charge in [0.25, 0.3) is 0 Å². The highest BCUT2D eigenvalue weighted by atomic mass is 35.5. The Morgan fingerprint density at radius 1 is 1.25 bits per heavy atom. The lowest BCUT2D eigenvalue weighted by Crippen LogP contribution is -2.12. The van der Waals surface area contributed by atoms with Gasteiger partial charge in [-0.15, -0.1) is 11.6 Å². The summed E-state index contributed by atoms with van der Waals surface area (Å²) in [4.78, 5) is 8.80. The number of pyridine rings is 1. The molecule has 1 atom stereocenters. The van der Waals surface area contributed by atoms with Crippen LogP contribution < -0.4 is 0 Å². The maximum atomic E-state index is 14.0. The third-order valence-electron chi connectivity index (χ3n) is 3.38. The number of rotatable bonds is 3. The topological polar surface area (TPSA) is 30.7 Å². The second-order valence-electron chi connectivity index (χ2n) is 4.58. The van der Waals surface area contributed by atoms with E-state index in [1.165, 1.54) is 6.07 Å². The monoisotopic (exact) mass is 289 g/mol. The average Bonchev–Trinajstić information content (AvgIpc) is 2.85. The molecule has 0 aliphatic heterocycles. The first kappa shape index (κ1) is 13.1. The SMILES string of the molecule is CC(c1ccccc1F)n1c(CCl)nc2cccnc21. The number of fused-ring (bicyclic) bond motifs is 1. The molecule has 0 saturated carbocycles. The van der Waals surface area contributed by atoms with Crippen LogP contribution in [0.3, 0.4) is 0 Å². The van der Waals surface area contributed by atoms with Crippen LogP contribution in [-0.2, 0) is 5.88 Å². The Labute approximate surface area is 121 Å². The van der Waals surface area contributed by atoms with Gasteiger partial charge in [0, 0.05) is 11.8 Å². The van der Waals surface area contributed by atoms with Gasteiger partial charge in [-0.05, 0) is 25.1 Å². The minimum atomic E-state index is -0.238. The summed E-state index contributed by atoms with van der Waals surface area (Å²) in [5.41, 5.74) is 2.09. The first-order chi connectivity index (χ1) is 9.72. The summed E-state index contributed by atoms with van der Waals surface area (Å²) in [5.74, 6) is 0.712. The van der Waals surface area contributed by atoms with Crippen LogP contribution >= 0.6 is 11.6 Å². The number of aromatic nitrogens is 3. The first-order valence-electron chi connectivity index (χ1n) is 6.34. The molecule has 3 aromatic rings. The van der Waals surface area contributed by atoms with E-state index >= 15 is 0 Å². The number of halogens is 2. The number of benzene rings is 1. The average molecular weight is 290 g/mol. The van der Waals surface area contributed by atoms with E-state index < -0.39 is 0 Å². The minimum Gasteiger partial charge on any atom is -0.304 e. The lowest BCUT2D eigenvalue weighted by molar-refractivity contribution is 0.555. The maximum Gasteiger partial charge on any atom is 0.160 e. The van der Waals surface area contributed by atoms with E-state index in [9.17, 15) is 4.39 Å². The molecule has 0 saturated heterocycles. The van der Waals surface area contributed by atoms with Crippen molar-refractivity contribution in [1.82, 2.24) is 14.5 Å². The largest absolute Gasteiger partial charge is 0.304 e. The lowest BCUT2D eigenvalue weighted by Gasteiger charge is -2.17. The number of nitrogens with zero attached hydrogens (tertiary/aromatic N) is 3. The van der Waals surface area contributed by atoms with Gasteiger partial charge in [0.2, 0.25) is 0 Å². The van der Waals surface area contributed by atoms with Crippen molar-refractivity contribution in [2.75, 3.05) is 0 Å². The van der Waals surface area contributed by atoms with Crippen LogP contribution in [-0.4, -0.2) is 14.5 Å². The molecule has 0 spiro atoms. The predicted octanol–water partition coefficient (Wildman–Crippen LogP) is 3.92. The van der Waals surface area contributed by atoms with E-state index in [-0.39, 0.29) is 17.7 Å². The molecule has 2 heterocycles. The molecule has 0 radical (unpaired) electrons. The molecule has 5 heteroatoms. The fraction of sp³-hybridized carbons (Fsp3) is 0.200. The van der Waals surface area contributed by atoms with Gasteiger partial charge in [-0.25, -0.2) is 14.4 Å². The van der Waals surface area contributed by atoms with Crippen LogP contribution in [0.5, 0.6) is 0 Å². The zero-order valence-corrected chi connectivity index (χ0v) is 11.7. The highest BCUT2D eigenvalue weighted by Crippen LogP contribution is 2.27. The smallest absolute Gasteiger partial charge is 0.160 e. The molecule has 20 heavy (non-hydrogen) atoms. The molecule has 1 unspecified atom stereocenters. The quantitative estimate of drug-likeness (QED) is 0.684. The van der Waals surface area contributed by atoms with Gasteiger partial charge in [-0.1, -0.05) is 18.2 Å². The summed E-state index contributed by atoms with van der Waals surface area (Å²) in [7, 11) is 0. The summed E-state index contributed by atoms with van der Waals surface area (Å²) in [5, 5.41) is 0. The van der Waals surface area contributed by atoms with Crippen LogP contribution in [0.2, 0.25) is 0 Å². The molecular weight excluding hydrogens is 277 g/mol. The van der Waals surface area contributed by atoms with E-state index in [0.717, 1.165) is 11.2 Å². The van der Waals surface area contributed by atoms with Gasteiger partial charge in [0.1, 0.15) is 17.2 Å². The van der Waals surface area contributed by atoms with Gasteiger partial charge in [-0.2, -0.15) is 0 Å². The zero-order valence-electron chi connectivity index (χ0n) is 10.9. The number of imidazole rings is 1. The fourth-order valence-electron chi connectivity index (χ4n) is 2.43. The van der Waals surface area contributed by atoms with Crippen LogP contribution in [0.1, 0.15) is 24.4 Å². The molecule has 0 N–H and O–H groups in total. The third kappa shape index (κ3) is 2.06. The van der Waals surface area contributed by atoms with Crippen molar-refractivity contribution in [3.8, 4) is 0 Å². The van der Waals surface area contributed by atoms with E-state index in [4.69, 9.17) is 11.6 Å². The molecule has 102 valence electrons. The van der Waals surface area contributed by atoms with Gasteiger partial charge in [0.15, 0.2) is 5.65 Å². The summed E-state index contributed by atoms with van der Waals surface area (Å²) in [6.45, 7) is 1.92. The molecular formula is C15H13ClFN3. The summed E-state index contributed by atoms with van der Waals surface area (Å²) in [6, 6.07) is 10.2. The first-order valence-corrected chi connectivity index (χ1v) is 6.88. The molecule has 0 bridgehead atoms. The maximum absolute atomic E-state index is 14.0. The fourth-order valence-corrected chi connectivity index (χ4v) is 2.62. The van der Waals surface area contributed by atoms with Gasteiger partial charge >= 0.3 is 0 Å². The van der Waals surface area contributed by atoms with Gasteiger partial charge in [0.05, 0.1) is 11.9 Å². The Kier molecular flexibility index (Phi) is 3.40. The molecule has 3 nitrogen and oxygen atoms in total. The number of hydrogen-bond donors (Lipinski definition) is 0. The molecule has 0 fully saturated rings. The van der Waals surface area contributed by atoms with Crippen LogP contribution in [0.15, 0.2) is 42.6 Å². The van der Waals surface area contributed by atoms with Crippen molar-refractivity contribution in [2.45, 2.75) is 18.8 Å². The Hall–Kier alpha value is -1.94. The Morgan fingerprint density at radius 2 is 2.05 bits per heavy atom. The highest BCUT2D eigenvalue weighted by Gasteiger charge is 2.19. The minimum absolute atomic E-state index is 0.218. The number of hydrogen-bond acceptors (Lipinski definition) is 2. The van der Waals surface area contributed by atoms with E-state index in [1.807, 2.05) is 29.7 Å². The standard InChI is InChI=1S/C15H13ClFN3/c1-10(11-5-2-3-6-12(11)17)20-14(9-16)19-13-7-4-8-18-15(13)20/h2-8,10H,9H2,1H3. The van der Waals surface area contributed by atoms with Crippen molar-refractivity contribution < 1.29 is 4.39 Å². The molecule has 1 aromatic carbocycles. The van der Waals surface area contributed by atoms with Crippen molar-refractivity contribution >= 4 is 22.8 Å². The summed E-state index contributed by atoms with van der Waals surface area (Å²) in [6.07, 6.45) is 1.70. The Morgan fingerprint density at radius 3 is 2.80 bits per heavy atom. The normalized spacial score (nSPS) is 12.8. The molecule has 0 aliphatic rings.